The fourth-order valence-electron chi connectivity index (χ4n) is 0.990. The van der Waals surface area contributed by atoms with Crippen molar-refractivity contribution < 1.29 is 14.3 Å². The van der Waals surface area contributed by atoms with Gasteiger partial charge in [0.1, 0.15) is 5.69 Å². The highest BCUT2D eigenvalue weighted by molar-refractivity contribution is 5.84. The number of aromatic carboxylic acids is 1. The van der Waals surface area contributed by atoms with E-state index in [2.05, 4.69) is 9.97 Å². The molecule has 0 unspecified atom stereocenters. The maximum absolute atomic E-state index is 10.5. The second kappa shape index (κ2) is 3.29. The van der Waals surface area contributed by atoms with Crippen LogP contribution < -0.4 is 0 Å². The Hall–Kier alpha value is -2.17. The molecule has 0 saturated heterocycles. The van der Waals surface area contributed by atoms with Crippen LogP contribution in [-0.4, -0.2) is 21.0 Å². The summed E-state index contributed by atoms with van der Waals surface area (Å²) in [6, 6.07) is 3.45. The highest BCUT2D eigenvalue weighted by Gasteiger charge is 2.06. The average Bonchev–Trinajstić information content (AvgIpc) is 2.71. The van der Waals surface area contributed by atoms with E-state index < -0.39 is 5.97 Å². The number of carbonyl (C=O) groups is 1. The molecule has 2 aromatic rings. The quantitative estimate of drug-likeness (QED) is 0.775. The Bertz CT molecular complexity index is 434. The third-order valence-corrected chi connectivity index (χ3v) is 1.64. The minimum atomic E-state index is -1.09. The molecule has 0 radical (unpaired) electrons. The zero-order chi connectivity index (χ0) is 9.97. The lowest BCUT2D eigenvalue weighted by molar-refractivity contribution is 0.0690. The van der Waals surface area contributed by atoms with Gasteiger partial charge in [-0.2, -0.15) is 0 Å². The van der Waals surface area contributed by atoms with Crippen molar-refractivity contribution in [3.8, 4) is 11.5 Å². The van der Waals surface area contributed by atoms with Crippen molar-refractivity contribution >= 4 is 5.97 Å². The van der Waals surface area contributed by atoms with E-state index in [9.17, 15) is 4.79 Å². The van der Waals surface area contributed by atoms with Crippen LogP contribution in [0.25, 0.3) is 11.5 Å². The van der Waals surface area contributed by atoms with Crippen LogP contribution in [0.1, 0.15) is 10.5 Å². The van der Waals surface area contributed by atoms with E-state index in [1.807, 2.05) is 0 Å². The molecule has 1 N–H and O–H groups in total. The van der Waals surface area contributed by atoms with Gasteiger partial charge in [-0.1, -0.05) is 0 Å². The summed E-state index contributed by atoms with van der Waals surface area (Å²) >= 11 is 0. The lowest BCUT2D eigenvalue weighted by Gasteiger charge is -1.95. The minimum Gasteiger partial charge on any atom is -0.476 e. The number of carboxylic acid groups (broad SMARTS) is 1. The monoisotopic (exact) mass is 190 g/mol. The molecule has 0 amide bonds. The van der Waals surface area contributed by atoms with Gasteiger partial charge in [0, 0.05) is 0 Å². The summed E-state index contributed by atoms with van der Waals surface area (Å²) in [6.07, 6.45) is 4.07. The largest absolute Gasteiger partial charge is 0.476 e. The van der Waals surface area contributed by atoms with Crippen molar-refractivity contribution in [2.75, 3.05) is 0 Å². The van der Waals surface area contributed by atoms with Crippen LogP contribution in [0.5, 0.6) is 0 Å². The fraction of sp³-hybridized carbons (Fsp3) is 0. The maximum atomic E-state index is 10.5. The molecule has 2 heterocycles. The topological polar surface area (TPSA) is 76.2 Å². The molecule has 0 aliphatic heterocycles. The third-order valence-electron chi connectivity index (χ3n) is 1.64. The van der Waals surface area contributed by atoms with Crippen molar-refractivity contribution in [1.29, 1.82) is 0 Å². The summed E-state index contributed by atoms with van der Waals surface area (Å²) in [4.78, 5) is 18.1. The van der Waals surface area contributed by atoms with Gasteiger partial charge in [-0.3, -0.25) is 0 Å². The third kappa shape index (κ3) is 1.47. The molecule has 5 heteroatoms. The summed E-state index contributed by atoms with van der Waals surface area (Å²) in [5, 5.41) is 8.58. The Balaban J connectivity index is 2.36. The highest BCUT2D eigenvalue weighted by Crippen LogP contribution is 2.15. The SMILES string of the molecule is O=C(O)c1cnc(-c2ccco2)cn1. The second-order valence-corrected chi connectivity index (χ2v) is 2.57. The number of hydrogen-bond donors (Lipinski definition) is 1. The number of hydrogen-bond acceptors (Lipinski definition) is 4. The van der Waals surface area contributed by atoms with Crippen LogP contribution in [-0.2, 0) is 0 Å². The van der Waals surface area contributed by atoms with Crippen LogP contribution in [0, 0.1) is 0 Å². The maximum Gasteiger partial charge on any atom is 0.356 e. The van der Waals surface area contributed by atoms with Crippen molar-refractivity contribution in [1.82, 2.24) is 9.97 Å². The van der Waals surface area contributed by atoms with E-state index in [4.69, 9.17) is 9.52 Å². The van der Waals surface area contributed by atoms with E-state index in [1.54, 1.807) is 12.1 Å². The summed E-state index contributed by atoms with van der Waals surface area (Å²) in [6.45, 7) is 0. The molecular formula is C9H6N2O3. The highest BCUT2D eigenvalue weighted by atomic mass is 16.4. The van der Waals surface area contributed by atoms with Crippen molar-refractivity contribution in [3.05, 3.63) is 36.5 Å². The first-order chi connectivity index (χ1) is 6.77. The van der Waals surface area contributed by atoms with Crippen molar-refractivity contribution in [2.24, 2.45) is 0 Å². The van der Waals surface area contributed by atoms with E-state index >= 15 is 0 Å². The lowest BCUT2D eigenvalue weighted by atomic mass is 10.3. The van der Waals surface area contributed by atoms with Gasteiger partial charge in [-0.15, -0.1) is 0 Å². The van der Waals surface area contributed by atoms with Gasteiger partial charge in [-0.05, 0) is 12.1 Å². The molecule has 0 fully saturated rings. The van der Waals surface area contributed by atoms with Crippen LogP contribution >= 0.6 is 0 Å². The Morgan fingerprint density at radius 2 is 2.21 bits per heavy atom. The van der Waals surface area contributed by atoms with Gasteiger partial charge in [0.2, 0.25) is 0 Å². The Morgan fingerprint density at radius 1 is 1.36 bits per heavy atom. The second-order valence-electron chi connectivity index (χ2n) is 2.57. The zero-order valence-corrected chi connectivity index (χ0v) is 7.04. The molecule has 2 aromatic heterocycles. The summed E-state index contributed by atoms with van der Waals surface area (Å²) < 4.78 is 5.07. The van der Waals surface area contributed by atoms with Gasteiger partial charge < -0.3 is 9.52 Å². The first-order valence-electron chi connectivity index (χ1n) is 3.86. The van der Waals surface area contributed by atoms with E-state index in [0.29, 0.717) is 11.5 Å². The van der Waals surface area contributed by atoms with Crippen LogP contribution in [0.4, 0.5) is 0 Å². The minimum absolute atomic E-state index is 0.0830. The zero-order valence-electron chi connectivity index (χ0n) is 7.04. The number of aromatic nitrogens is 2. The molecule has 0 aliphatic rings. The molecule has 0 spiro atoms. The van der Waals surface area contributed by atoms with Gasteiger partial charge >= 0.3 is 5.97 Å². The first kappa shape index (κ1) is 8.43. The molecule has 0 atom stereocenters. The van der Waals surface area contributed by atoms with Crippen LogP contribution in [0.2, 0.25) is 0 Å². The summed E-state index contributed by atoms with van der Waals surface area (Å²) in [5.74, 6) is -0.530. The van der Waals surface area contributed by atoms with Gasteiger partial charge in [0.15, 0.2) is 11.5 Å². The van der Waals surface area contributed by atoms with Gasteiger partial charge in [0.05, 0.1) is 18.7 Å². The fourth-order valence-corrected chi connectivity index (χ4v) is 0.990. The standard InChI is InChI=1S/C9H6N2O3/c12-9(13)7-5-10-6(4-11-7)8-2-1-3-14-8/h1-5H,(H,12,13). The lowest BCUT2D eigenvalue weighted by Crippen LogP contribution is -2.00. The average molecular weight is 190 g/mol. The first-order valence-corrected chi connectivity index (χ1v) is 3.86. The molecule has 0 bridgehead atoms. The Morgan fingerprint density at radius 3 is 2.71 bits per heavy atom. The summed E-state index contributed by atoms with van der Waals surface area (Å²) in [5.41, 5.74) is 0.431. The molecule has 0 aromatic carbocycles. The molecule has 0 aliphatic carbocycles. The Kier molecular flexibility index (Phi) is 1.98. The molecule has 70 valence electrons. The van der Waals surface area contributed by atoms with E-state index in [-0.39, 0.29) is 5.69 Å². The van der Waals surface area contributed by atoms with Crippen LogP contribution in [0.15, 0.2) is 35.2 Å². The van der Waals surface area contributed by atoms with Gasteiger partial charge in [-0.25, -0.2) is 14.8 Å². The number of furan rings is 1. The number of nitrogens with zero attached hydrogens (tertiary/aromatic N) is 2. The van der Waals surface area contributed by atoms with Gasteiger partial charge in [0.25, 0.3) is 0 Å². The molecule has 14 heavy (non-hydrogen) atoms. The predicted molar refractivity (Wildman–Crippen MR) is 46.7 cm³/mol. The molecular weight excluding hydrogens is 184 g/mol. The Labute approximate surface area is 79.0 Å². The molecule has 2 rings (SSSR count). The van der Waals surface area contributed by atoms with Crippen molar-refractivity contribution in [3.63, 3.8) is 0 Å². The number of rotatable bonds is 2. The number of carboxylic acids is 1. The molecule has 5 nitrogen and oxygen atoms in total. The predicted octanol–water partition coefficient (Wildman–Crippen LogP) is 1.43. The van der Waals surface area contributed by atoms with Crippen molar-refractivity contribution in [2.45, 2.75) is 0 Å². The summed E-state index contributed by atoms with van der Waals surface area (Å²) in [7, 11) is 0. The van der Waals surface area contributed by atoms with E-state index in [0.717, 1.165) is 0 Å². The smallest absolute Gasteiger partial charge is 0.356 e. The molecule has 0 saturated carbocycles. The van der Waals surface area contributed by atoms with E-state index in [1.165, 1.54) is 18.7 Å². The normalized spacial score (nSPS) is 10.0. The van der Waals surface area contributed by atoms with Crippen LogP contribution in [0.3, 0.4) is 0 Å².